The van der Waals surface area contributed by atoms with Crippen LogP contribution in [0.4, 0.5) is 0 Å². The van der Waals surface area contributed by atoms with Gasteiger partial charge in [0.15, 0.2) is 5.78 Å². The Labute approximate surface area is 90.8 Å². The third-order valence-corrected chi connectivity index (χ3v) is 3.08. The van der Waals surface area contributed by atoms with Crippen molar-refractivity contribution in [3.8, 4) is 0 Å². The second kappa shape index (κ2) is 4.43. The summed E-state index contributed by atoms with van der Waals surface area (Å²) in [6.07, 6.45) is 3.91. The highest BCUT2D eigenvalue weighted by Gasteiger charge is 2.17. The second-order valence-corrected chi connectivity index (χ2v) is 4.10. The molecule has 0 bridgehead atoms. The molecule has 0 atom stereocenters. The zero-order valence-electron chi connectivity index (χ0n) is 9.12. The summed E-state index contributed by atoms with van der Waals surface area (Å²) in [4.78, 5) is 11.8. The first-order chi connectivity index (χ1) is 7.29. The molecule has 0 unspecified atom stereocenters. The van der Waals surface area contributed by atoms with E-state index >= 15 is 0 Å². The van der Waals surface area contributed by atoms with E-state index in [2.05, 4.69) is 19.1 Å². The second-order valence-electron chi connectivity index (χ2n) is 4.10. The lowest BCUT2D eigenvalue weighted by Crippen LogP contribution is -2.10. The average molecular weight is 200 g/mol. The molecular formula is C14H16O. The molecule has 0 aliphatic heterocycles. The van der Waals surface area contributed by atoms with Gasteiger partial charge in [0.25, 0.3) is 0 Å². The van der Waals surface area contributed by atoms with Crippen molar-refractivity contribution in [1.29, 1.82) is 0 Å². The minimum absolute atomic E-state index is 0.350. The van der Waals surface area contributed by atoms with E-state index in [1.165, 1.54) is 11.1 Å². The van der Waals surface area contributed by atoms with E-state index in [1.54, 1.807) is 0 Å². The van der Waals surface area contributed by atoms with E-state index in [0.717, 1.165) is 31.3 Å². The number of carbonyl (C=O) groups is 1. The minimum Gasteiger partial charge on any atom is -0.295 e. The van der Waals surface area contributed by atoms with Gasteiger partial charge in [-0.3, -0.25) is 4.79 Å². The summed E-state index contributed by atoms with van der Waals surface area (Å²) in [6, 6.07) is 10.2. The molecule has 78 valence electrons. The first-order valence-electron chi connectivity index (χ1n) is 5.57. The van der Waals surface area contributed by atoms with Crippen molar-refractivity contribution in [1.82, 2.24) is 0 Å². The van der Waals surface area contributed by atoms with Crippen molar-refractivity contribution in [3.63, 3.8) is 0 Å². The van der Waals surface area contributed by atoms with Gasteiger partial charge in [0.1, 0.15) is 0 Å². The van der Waals surface area contributed by atoms with Crippen molar-refractivity contribution in [3.05, 3.63) is 41.5 Å². The predicted octanol–water partition coefficient (Wildman–Crippen LogP) is 3.60. The molecule has 1 fully saturated rings. The van der Waals surface area contributed by atoms with Crippen molar-refractivity contribution in [2.45, 2.75) is 32.6 Å². The molecule has 0 N–H and O–H groups in total. The van der Waals surface area contributed by atoms with Crippen LogP contribution >= 0.6 is 0 Å². The van der Waals surface area contributed by atoms with Gasteiger partial charge >= 0.3 is 0 Å². The molecular weight excluding hydrogens is 184 g/mol. The van der Waals surface area contributed by atoms with E-state index in [1.807, 2.05) is 18.2 Å². The van der Waals surface area contributed by atoms with Crippen LogP contribution in [0.15, 0.2) is 35.9 Å². The van der Waals surface area contributed by atoms with Gasteiger partial charge < -0.3 is 0 Å². The Morgan fingerprint density at radius 2 is 1.73 bits per heavy atom. The fourth-order valence-corrected chi connectivity index (χ4v) is 2.14. The molecule has 1 heteroatoms. The van der Waals surface area contributed by atoms with Gasteiger partial charge in [-0.25, -0.2) is 0 Å². The smallest absolute Gasteiger partial charge is 0.159 e. The molecule has 0 aromatic heterocycles. The standard InChI is InChI=1S/C14H16O/c1-11(12-7-3-2-4-8-12)13-9-5-6-10-14(13)15/h2-4,7-8H,5-6,9-10H2,1H3. The fraction of sp³-hybridized carbons (Fsp3) is 0.357. The summed E-state index contributed by atoms with van der Waals surface area (Å²) in [7, 11) is 0. The fourth-order valence-electron chi connectivity index (χ4n) is 2.14. The Morgan fingerprint density at radius 3 is 2.40 bits per heavy atom. The molecule has 1 aliphatic carbocycles. The van der Waals surface area contributed by atoms with Crippen LogP contribution in [0.3, 0.4) is 0 Å². The van der Waals surface area contributed by atoms with Crippen LogP contribution in [0.5, 0.6) is 0 Å². The maximum atomic E-state index is 11.8. The summed E-state index contributed by atoms with van der Waals surface area (Å²) in [5.74, 6) is 0.350. The highest BCUT2D eigenvalue weighted by molar-refractivity contribution is 6.02. The maximum Gasteiger partial charge on any atom is 0.159 e. The molecule has 0 heterocycles. The SMILES string of the molecule is CC(=C1CCCCC1=O)c1ccccc1. The van der Waals surface area contributed by atoms with Gasteiger partial charge in [0.2, 0.25) is 0 Å². The lowest BCUT2D eigenvalue weighted by Gasteiger charge is -2.16. The minimum atomic E-state index is 0.350. The summed E-state index contributed by atoms with van der Waals surface area (Å²) in [5, 5.41) is 0. The van der Waals surface area contributed by atoms with Crippen LogP contribution in [0.2, 0.25) is 0 Å². The van der Waals surface area contributed by atoms with Crippen molar-refractivity contribution in [2.75, 3.05) is 0 Å². The maximum absolute atomic E-state index is 11.8. The normalized spacial score (nSPS) is 20.2. The number of Topliss-reactive ketones (excluding diaryl/α,β-unsaturated/α-hetero) is 1. The van der Waals surface area contributed by atoms with Crippen LogP contribution in [0.25, 0.3) is 5.57 Å². The summed E-state index contributed by atoms with van der Waals surface area (Å²) >= 11 is 0. The van der Waals surface area contributed by atoms with Gasteiger partial charge in [-0.1, -0.05) is 30.3 Å². The highest BCUT2D eigenvalue weighted by Crippen LogP contribution is 2.27. The van der Waals surface area contributed by atoms with Gasteiger partial charge in [-0.2, -0.15) is 0 Å². The molecule has 0 spiro atoms. The van der Waals surface area contributed by atoms with Crippen molar-refractivity contribution < 1.29 is 4.79 Å². The molecule has 2 rings (SSSR count). The van der Waals surface area contributed by atoms with E-state index < -0.39 is 0 Å². The molecule has 0 saturated heterocycles. The average Bonchev–Trinajstić information content (AvgIpc) is 2.30. The summed E-state index contributed by atoms with van der Waals surface area (Å²) in [5.41, 5.74) is 3.40. The summed E-state index contributed by atoms with van der Waals surface area (Å²) < 4.78 is 0. The van der Waals surface area contributed by atoms with Crippen LogP contribution in [0.1, 0.15) is 38.2 Å². The van der Waals surface area contributed by atoms with Gasteiger partial charge in [0.05, 0.1) is 0 Å². The monoisotopic (exact) mass is 200 g/mol. The zero-order chi connectivity index (χ0) is 10.7. The molecule has 1 aromatic rings. The lowest BCUT2D eigenvalue weighted by molar-refractivity contribution is -0.116. The topological polar surface area (TPSA) is 17.1 Å². The van der Waals surface area contributed by atoms with Crippen LogP contribution < -0.4 is 0 Å². The van der Waals surface area contributed by atoms with Crippen LogP contribution in [0, 0.1) is 0 Å². The first-order valence-corrected chi connectivity index (χ1v) is 5.57. The molecule has 0 amide bonds. The molecule has 1 aliphatic rings. The van der Waals surface area contributed by atoms with Crippen molar-refractivity contribution >= 4 is 11.4 Å². The molecule has 1 saturated carbocycles. The summed E-state index contributed by atoms with van der Waals surface area (Å²) in [6.45, 7) is 2.06. The Bertz CT molecular complexity index is 387. The highest BCUT2D eigenvalue weighted by atomic mass is 16.1. The molecule has 0 radical (unpaired) electrons. The largest absolute Gasteiger partial charge is 0.295 e. The van der Waals surface area contributed by atoms with Crippen molar-refractivity contribution in [2.24, 2.45) is 0 Å². The zero-order valence-corrected chi connectivity index (χ0v) is 9.12. The number of hydrogen-bond donors (Lipinski definition) is 0. The Kier molecular flexibility index (Phi) is 3.00. The quantitative estimate of drug-likeness (QED) is 0.633. The number of benzene rings is 1. The van der Waals surface area contributed by atoms with E-state index in [4.69, 9.17) is 0 Å². The number of carbonyl (C=O) groups excluding carboxylic acids is 1. The van der Waals surface area contributed by atoms with E-state index in [-0.39, 0.29) is 0 Å². The van der Waals surface area contributed by atoms with Crippen LogP contribution in [-0.4, -0.2) is 5.78 Å². The van der Waals surface area contributed by atoms with Gasteiger partial charge in [-0.15, -0.1) is 0 Å². The number of ketones is 1. The first kappa shape index (κ1) is 10.2. The third kappa shape index (κ3) is 2.17. The molecule has 1 nitrogen and oxygen atoms in total. The molecule has 1 aromatic carbocycles. The van der Waals surface area contributed by atoms with Gasteiger partial charge in [0, 0.05) is 6.42 Å². The number of allylic oxidation sites excluding steroid dienone is 2. The Hall–Kier alpha value is -1.37. The predicted molar refractivity (Wildman–Crippen MR) is 62.5 cm³/mol. The van der Waals surface area contributed by atoms with E-state index in [9.17, 15) is 4.79 Å². The number of hydrogen-bond acceptors (Lipinski definition) is 1. The van der Waals surface area contributed by atoms with Crippen LogP contribution in [-0.2, 0) is 4.79 Å². The van der Waals surface area contributed by atoms with Gasteiger partial charge in [-0.05, 0) is 42.9 Å². The lowest BCUT2D eigenvalue weighted by atomic mass is 9.88. The molecule has 15 heavy (non-hydrogen) atoms. The third-order valence-electron chi connectivity index (χ3n) is 3.08. The Morgan fingerprint density at radius 1 is 1.07 bits per heavy atom. The van der Waals surface area contributed by atoms with E-state index in [0.29, 0.717) is 5.78 Å². The number of rotatable bonds is 1. The Balaban J connectivity index is 2.35.